The highest BCUT2D eigenvalue weighted by Crippen LogP contribution is 2.60. The standard InChI is InChI=1S/C48H53N5O9/c1-4-23(19-51-5-2)47(59)61-37-18-33-43(58)41-36(57)17-28(21-54)60-45(41)42-39-31-12-13-52-46(50)40(31)30(11-7-24-6-9-27(56)16-32(24)34(39)22-55)29-10-8-25-15-38(49)53-20-26(25)14-35(29)48(37,3)62-44(33)42/h4,6,9,12-13,15-17,20,29-30,34-35,37,39,51,54-56,58H,5,7-8,10-11,14,18-19,21-22H2,1-3H3,(H2,49,53)(H2,50,52)/b23-4-/t29-,30+,34-,35+,37-,39+,48+/m1/s1. The lowest BCUT2D eigenvalue weighted by atomic mass is 9.62. The van der Waals surface area contributed by atoms with Gasteiger partial charge in [-0.2, -0.15) is 0 Å². The van der Waals surface area contributed by atoms with Gasteiger partial charge in [-0.25, -0.2) is 14.8 Å². The molecule has 2 aliphatic heterocycles. The van der Waals surface area contributed by atoms with Gasteiger partial charge in [0.15, 0.2) is 5.43 Å². The first-order valence-electron chi connectivity index (χ1n) is 21.5. The molecule has 0 unspecified atom stereocenters. The van der Waals surface area contributed by atoms with Crippen molar-refractivity contribution >= 4 is 28.6 Å². The van der Waals surface area contributed by atoms with Crippen molar-refractivity contribution < 1.29 is 39.1 Å². The number of fused-ring (bicyclic) bond motifs is 9. The number of carbonyl (C=O) groups is 1. The number of aryl methyl sites for hydroxylation is 2. The molecule has 0 amide bonds. The number of nitrogens with two attached hydrogens (primary N) is 2. The van der Waals surface area contributed by atoms with Crippen molar-refractivity contribution in [2.24, 2.45) is 11.8 Å². The molecular formula is C48H53N5O9. The van der Waals surface area contributed by atoms with Crippen molar-refractivity contribution in [1.29, 1.82) is 0 Å². The van der Waals surface area contributed by atoms with E-state index in [0.29, 0.717) is 67.0 Å². The molecule has 7 atom stereocenters. The van der Waals surface area contributed by atoms with Gasteiger partial charge >= 0.3 is 5.97 Å². The van der Waals surface area contributed by atoms with Crippen molar-refractivity contribution in [3.63, 3.8) is 0 Å². The summed E-state index contributed by atoms with van der Waals surface area (Å²) in [5.41, 5.74) is 17.6. The highest BCUT2D eigenvalue weighted by molar-refractivity contribution is 5.92. The summed E-state index contributed by atoms with van der Waals surface area (Å²) in [6.45, 7) is 5.58. The number of aromatic nitrogens is 2. The van der Waals surface area contributed by atoms with E-state index < -0.39 is 59.8 Å². The lowest BCUT2D eigenvalue weighted by molar-refractivity contribution is -0.168. The number of aliphatic hydroxyl groups excluding tert-OH is 2. The Kier molecular flexibility index (Phi) is 10.7. The van der Waals surface area contributed by atoms with E-state index in [1.54, 1.807) is 31.3 Å². The molecule has 3 aromatic heterocycles. The van der Waals surface area contributed by atoms with E-state index in [0.717, 1.165) is 33.9 Å². The lowest BCUT2D eigenvalue weighted by Gasteiger charge is -2.51. The van der Waals surface area contributed by atoms with Crippen LogP contribution in [0.25, 0.3) is 11.0 Å². The number of aliphatic hydroxyl groups is 2. The summed E-state index contributed by atoms with van der Waals surface area (Å²) in [6, 6.07) is 10.2. The zero-order valence-electron chi connectivity index (χ0n) is 35.1. The number of carbonyl (C=O) groups excluding carboxylic acids is 1. The number of allylic oxidation sites excluding steroid dienone is 1. The molecule has 5 heterocycles. The first-order valence-corrected chi connectivity index (χ1v) is 21.5. The number of aromatic hydroxyl groups is 2. The van der Waals surface area contributed by atoms with Crippen molar-refractivity contribution in [3.05, 3.63) is 121 Å². The minimum atomic E-state index is -1.32. The first kappa shape index (κ1) is 41.4. The second-order valence-corrected chi connectivity index (χ2v) is 17.4. The van der Waals surface area contributed by atoms with E-state index >= 15 is 0 Å². The Balaban J connectivity index is 1.43. The van der Waals surface area contributed by atoms with Crippen LogP contribution in [0.5, 0.6) is 17.2 Å². The van der Waals surface area contributed by atoms with Crippen LogP contribution in [0.2, 0.25) is 0 Å². The van der Waals surface area contributed by atoms with E-state index in [1.165, 1.54) is 0 Å². The first-order chi connectivity index (χ1) is 29.9. The fraction of sp³-hybridized carbons (Fsp3) is 0.417. The largest absolute Gasteiger partial charge is 0.508 e. The highest BCUT2D eigenvalue weighted by Gasteiger charge is 2.57. The van der Waals surface area contributed by atoms with E-state index in [4.69, 9.17) is 30.3 Å². The molecule has 2 aromatic carbocycles. The number of pyridine rings is 2. The smallest absolute Gasteiger partial charge is 0.335 e. The van der Waals surface area contributed by atoms with Crippen LogP contribution in [0.1, 0.15) is 102 Å². The average Bonchev–Trinajstić information content (AvgIpc) is 3.41. The third-order valence-electron chi connectivity index (χ3n) is 14.2. The number of rotatable bonds is 7. The normalized spacial score (nSPS) is 25.1. The summed E-state index contributed by atoms with van der Waals surface area (Å²) in [6.07, 6.45) is 7.06. The summed E-state index contributed by atoms with van der Waals surface area (Å²) >= 11 is 0. The van der Waals surface area contributed by atoms with Crippen molar-refractivity contribution in [1.82, 2.24) is 15.3 Å². The Labute approximate surface area is 358 Å². The van der Waals surface area contributed by atoms with Gasteiger partial charge in [-0.3, -0.25) is 4.79 Å². The van der Waals surface area contributed by atoms with Crippen LogP contribution in [-0.4, -0.2) is 67.8 Å². The quantitative estimate of drug-likeness (QED) is 0.0826. The molecule has 62 heavy (non-hydrogen) atoms. The Bertz CT molecular complexity index is 2700. The number of hydrogen-bond acceptors (Lipinski definition) is 14. The molecule has 9 rings (SSSR count). The van der Waals surface area contributed by atoms with Gasteiger partial charge in [0.2, 0.25) is 0 Å². The molecule has 0 saturated carbocycles. The van der Waals surface area contributed by atoms with Gasteiger partial charge in [0.05, 0.1) is 6.61 Å². The number of ether oxygens (including phenoxy) is 2. The van der Waals surface area contributed by atoms with Crippen LogP contribution in [0.15, 0.2) is 69.7 Å². The topological polar surface area (TPSA) is 237 Å². The number of phenolic OH excluding ortho intramolecular Hbond substituents is 2. The number of phenols is 2. The summed E-state index contributed by atoms with van der Waals surface area (Å²) in [4.78, 5) is 37.8. The SMILES string of the molecule is C/C=C(/CNCC)C(=O)O[C@@H]1Cc2c3c(c4oc(CO)cc(=O)c4c2O)[C@H]2c4ccnc(N)c4[C@@H](CCc4ccc(O)cc4[C@H]2CO)[C@H]2CCc4cc(N)ncc4C[C@@H]2[C@]1(C)O3. The second kappa shape index (κ2) is 16.1. The lowest BCUT2D eigenvalue weighted by Crippen LogP contribution is -2.59. The maximum atomic E-state index is 14.3. The van der Waals surface area contributed by atoms with Crippen LogP contribution < -0.4 is 26.9 Å². The Morgan fingerprint density at radius 2 is 1.82 bits per heavy atom. The number of nitrogens with one attached hydrogen (secondary N) is 1. The molecule has 4 bridgehead atoms. The monoisotopic (exact) mass is 843 g/mol. The predicted molar refractivity (Wildman–Crippen MR) is 232 cm³/mol. The van der Waals surface area contributed by atoms with E-state index in [1.807, 2.05) is 38.2 Å². The van der Waals surface area contributed by atoms with Gasteiger partial charge in [0, 0.05) is 71.4 Å². The fourth-order valence-corrected chi connectivity index (χ4v) is 11.2. The summed E-state index contributed by atoms with van der Waals surface area (Å²) in [5.74, 6) is -2.57. The number of nitrogen functional groups attached to an aromatic ring is 2. The van der Waals surface area contributed by atoms with Gasteiger partial charge in [0.25, 0.3) is 0 Å². The number of hydrogen-bond donors (Lipinski definition) is 7. The van der Waals surface area contributed by atoms with E-state index in [9.17, 15) is 30.0 Å². The van der Waals surface area contributed by atoms with Gasteiger partial charge in [-0.05, 0) is 116 Å². The molecule has 2 aliphatic carbocycles. The van der Waals surface area contributed by atoms with Crippen LogP contribution in [0.3, 0.4) is 0 Å². The van der Waals surface area contributed by atoms with Gasteiger partial charge in [0.1, 0.15) is 63.9 Å². The van der Waals surface area contributed by atoms with E-state index in [-0.39, 0.29) is 58.6 Å². The molecule has 324 valence electrons. The summed E-state index contributed by atoms with van der Waals surface area (Å²) < 4.78 is 20.7. The summed E-state index contributed by atoms with van der Waals surface area (Å²) in [5, 5.41) is 48.7. The zero-order chi connectivity index (χ0) is 43.6. The average molecular weight is 844 g/mol. The second-order valence-electron chi connectivity index (χ2n) is 17.4. The number of likely N-dealkylation sites (N-methyl/N-ethyl adjacent to an activating group) is 1. The molecular weight excluding hydrogens is 791 g/mol. The zero-order valence-corrected chi connectivity index (χ0v) is 35.1. The third kappa shape index (κ3) is 6.66. The van der Waals surface area contributed by atoms with Gasteiger partial charge < -0.3 is 51.1 Å². The van der Waals surface area contributed by atoms with Crippen molar-refractivity contribution in [3.8, 4) is 17.2 Å². The van der Waals surface area contributed by atoms with Crippen LogP contribution >= 0.6 is 0 Å². The molecule has 4 aliphatic rings. The van der Waals surface area contributed by atoms with Crippen LogP contribution in [-0.2, 0) is 41.8 Å². The molecule has 0 radical (unpaired) electrons. The maximum absolute atomic E-state index is 14.3. The Morgan fingerprint density at radius 1 is 1.02 bits per heavy atom. The van der Waals surface area contributed by atoms with Crippen LogP contribution in [0, 0.1) is 11.8 Å². The summed E-state index contributed by atoms with van der Waals surface area (Å²) in [7, 11) is 0. The number of esters is 1. The molecule has 9 N–H and O–H groups in total. The number of benzene rings is 2. The van der Waals surface area contributed by atoms with Gasteiger partial charge in [-0.15, -0.1) is 0 Å². The van der Waals surface area contributed by atoms with Crippen LogP contribution in [0.4, 0.5) is 11.6 Å². The molecule has 5 aromatic rings. The minimum absolute atomic E-state index is 0.0137. The van der Waals surface area contributed by atoms with Crippen molar-refractivity contribution in [2.75, 3.05) is 31.2 Å². The molecule has 0 saturated heterocycles. The van der Waals surface area contributed by atoms with Crippen molar-refractivity contribution in [2.45, 2.75) is 95.4 Å². The maximum Gasteiger partial charge on any atom is 0.335 e. The fourth-order valence-electron chi connectivity index (χ4n) is 11.2. The van der Waals surface area contributed by atoms with Gasteiger partial charge in [-0.1, -0.05) is 19.1 Å². The highest BCUT2D eigenvalue weighted by atomic mass is 16.6. The van der Waals surface area contributed by atoms with E-state index in [2.05, 4.69) is 10.3 Å². The molecule has 14 heteroatoms. The molecule has 0 fully saturated rings. The minimum Gasteiger partial charge on any atom is -0.508 e. The number of anilines is 2. The Morgan fingerprint density at radius 3 is 2.58 bits per heavy atom. The molecule has 14 nitrogen and oxygen atoms in total. The Hall–Kier alpha value is -5.96. The number of nitrogens with zero attached hydrogens (tertiary/aromatic N) is 2. The third-order valence-corrected chi connectivity index (χ3v) is 14.2. The molecule has 0 spiro atoms. The predicted octanol–water partition coefficient (Wildman–Crippen LogP) is 5.18.